The summed E-state index contributed by atoms with van der Waals surface area (Å²) in [6.45, 7) is 13.7. The standard InChI is InChI=1S/C20H32O/c1-14(2)7-6-11-19(4)13-16-15(3)8-9-18-20(5,21-18)12-10-17(16)19/h7,16-18H,3,6,8-13H2,1-2,4-5H3/t16-,17-,18-,19+,20-/m1/s1. The van der Waals surface area contributed by atoms with Crippen LogP contribution < -0.4 is 0 Å². The number of ether oxygens (including phenoxy) is 1. The molecule has 1 heterocycles. The third-order valence-corrected chi connectivity index (χ3v) is 6.57. The minimum Gasteiger partial charge on any atom is -0.366 e. The molecule has 0 N–H and O–H groups in total. The van der Waals surface area contributed by atoms with E-state index in [4.69, 9.17) is 4.74 Å². The highest BCUT2D eigenvalue weighted by Crippen LogP contribution is 2.61. The Morgan fingerprint density at radius 3 is 2.81 bits per heavy atom. The Morgan fingerprint density at radius 1 is 1.33 bits per heavy atom. The largest absolute Gasteiger partial charge is 0.366 e. The lowest BCUT2D eigenvalue weighted by Crippen LogP contribution is -2.46. The Balaban J connectivity index is 1.67. The minimum atomic E-state index is 0.200. The summed E-state index contributed by atoms with van der Waals surface area (Å²) < 4.78 is 5.97. The van der Waals surface area contributed by atoms with E-state index in [2.05, 4.69) is 40.3 Å². The van der Waals surface area contributed by atoms with Crippen LogP contribution in [0.2, 0.25) is 0 Å². The SMILES string of the molecule is C=C1CC[C@H]2O[C@]2(C)CC[C@@H]2[C@@H]1C[C@]2(C)CCC=C(C)C. The first-order chi connectivity index (χ1) is 9.84. The van der Waals surface area contributed by atoms with Gasteiger partial charge in [-0.3, -0.25) is 0 Å². The van der Waals surface area contributed by atoms with Crippen LogP contribution >= 0.6 is 0 Å². The van der Waals surface area contributed by atoms with Crippen molar-refractivity contribution < 1.29 is 4.74 Å². The summed E-state index contributed by atoms with van der Waals surface area (Å²) in [6, 6.07) is 0. The van der Waals surface area contributed by atoms with Gasteiger partial charge in [0.05, 0.1) is 11.7 Å². The molecule has 1 saturated heterocycles. The van der Waals surface area contributed by atoms with E-state index in [-0.39, 0.29) is 5.60 Å². The van der Waals surface area contributed by atoms with Crippen molar-refractivity contribution in [3.05, 3.63) is 23.8 Å². The summed E-state index contributed by atoms with van der Waals surface area (Å²) in [5, 5.41) is 0. The van der Waals surface area contributed by atoms with E-state index in [0.29, 0.717) is 11.5 Å². The molecule has 5 atom stereocenters. The van der Waals surface area contributed by atoms with Crippen molar-refractivity contribution >= 4 is 0 Å². The molecular formula is C20H32O. The molecule has 3 fully saturated rings. The molecule has 0 aromatic carbocycles. The van der Waals surface area contributed by atoms with Crippen molar-refractivity contribution in [1.29, 1.82) is 0 Å². The van der Waals surface area contributed by atoms with Crippen molar-refractivity contribution in [2.24, 2.45) is 17.3 Å². The second-order valence-electron chi connectivity index (χ2n) is 8.55. The van der Waals surface area contributed by atoms with Crippen LogP contribution in [0.1, 0.15) is 72.6 Å². The summed E-state index contributed by atoms with van der Waals surface area (Å²) in [7, 11) is 0. The van der Waals surface area contributed by atoms with Gasteiger partial charge in [-0.2, -0.15) is 0 Å². The van der Waals surface area contributed by atoms with Crippen LogP contribution in [0.5, 0.6) is 0 Å². The molecule has 1 aliphatic heterocycles. The maximum absolute atomic E-state index is 5.97. The second-order valence-corrected chi connectivity index (χ2v) is 8.55. The van der Waals surface area contributed by atoms with E-state index in [0.717, 1.165) is 11.8 Å². The van der Waals surface area contributed by atoms with Crippen LogP contribution in [0, 0.1) is 17.3 Å². The highest BCUT2D eigenvalue weighted by atomic mass is 16.6. The summed E-state index contributed by atoms with van der Waals surface area (Å²) in [6.07, 6.45) is 11.9. The molecule has 1 heteroatoms. The third kappa shape index (κ3) is 2.86. The average molecular weight is 288 g/mol. The normalized spacial score (nSPS) is 45.3. The monoisotopic (exact) mass is 288 g/mol. The zero-order valence-corrected chi connectivity index (χ0v) is 14.4. The molecule has 0 spiro atoms. The van der Waals surface area contributed by atoms with Crippen molar-refractivity contribution in [2.45, 2.75) is 84.3 Å². The number of hydrogen-bond acceptors (Lipinski definition) is 1. The van der Waals surface area contributed by atoms with Crippen LogP contribution in [0.4, 0.5) is 0 Å². The maximum Gasteiger partial charge on any atom is 0.0920 e. The minimum absolute atomic E-state index is 0.200. The van der Waals surface area contributed by atoms with E-state index in [1.165, 1.54) is 56.1 Å². The molecule has 0 amide bonds. The molecule has 3 rings (SSSR count). The van der Waals surface area contributed by atoms with Crippen molar-refractivity contribution in [1.82, 2.24) is 0 Å². The van der Waals surface area contributed by atoms with E-state index in [1.807, 2.05) is 0 Å². The molecule has 2 saturated carbocycles. The Kier molecular flexibility index (Phi) is 3.84. The molecule has 0 unspecified atom stereocenters. The number of rotatable bonds is 3. The molecule has 21 heavy (non-hydrogen) atoms. The number of epoxide rings is 1. The lowest BCUT2D eigenvalue weighted by Gasteiger charge is -2.55. The van der Waals surface area contributed by atoms with Crippen LogP contribution in [0.15, 0.2) is 23.8 Å². The number of allylic oxidation sites excluding steroid dienone is 3. The van der Waals surface area contributed by atoms with Crippen LogP contribution in [0.25, 0.3) is 0 Å². The summed E-state index contributed by atoms with van der Waals surface area (Å²) in [5.74, 6) is 1.64. The molecule has 1 nitrogen and oxygen atoms in total. The highest BCUT2D eigenvalue weighted by molar-refractivity contribution is 5.17. The summed E-state index contributed by atoms with van der Waals surface area (Å²) in [4.78, 5) is 0. The summed E-state index contributed by atoms with van der Waals surface area (Å²) >= 11 is 0. The first-order valence-electron chi connectivity index (χ1n) is 8.83. The first kappa shape index (κ1) is 15.3. The predicted octanol–water partition coefficient (Wildman–Crippen LogP) is 5.66. The van der Waals surface area contributed by atoms with Gasteiger partial charge in [-0.25, -0.2) is 0 Å². The van der Waals surface area contributed by atoms with Gasteiger partial charge in [0, 0.05) is 0 Å². The fourth-order valence-corrected chi connectivity index (χ4v) is 4.90. The van der Waals surface area contributed by atoms with Gasteiger partial charge < -0.3 is 4.74 Å². The molecule has 0 radical (unpaired) electrons. The van der Waals surface area contributed by atoms with E-state index < -0.39 is 0 Å². The van der Waals surface area contributed by atoms with E-state index in [9.17, 15) is 0 Å². The van der Waals surface area contributed by atoms with Crippen molar-refractivity contribution in [2.75, 3.05) is 0 Å². The van der Waals surface area contributed by atoms with E-state index >= 15 is 0 Å². The Hall–Kier alpha value is -0.560. The maximum atomic E-state index is 5.97. The third-order valence-electron chi connectivity index (χ3n) is 6.57. The Labute approximate surface area is 130 Å². The lowest BCUT2D eigenvalue weighted by atomic mass is 9.50. The van der Waals surface area contributed by atoms with Crippen LogP contribution in [-0.2, 0) is 4.74 Å². The van der Waals surface area contributed by atoms with Gasteiger partial charge in [-0.05, 0) is 83.0 Å². The molecular weight excluding hydrogens is 256 g/mol. The Bertz CT molecular complexity index is 458. The number of hydrogen-bond donors (Lipinski definition) is 0. The fourth-order valence-electron chi connectivity index (χ4n) is 4.90. The molecule has 0 aromatic rings. The molecule has 118 valence electrons. The van der Waals surface area contributed by atoms with Crippen LogP contribution in [-0.4, -0.2) is 11.7 Å². The smallest absolute Gasteiger partial charge is 0.0920 e. The number of fused-ring (bicyclic) bond motifs is 2. The zero-order chi connectivity index (χ0) is 15.3. The van der Waals surface area contributed by atoms with Gasteiger partial charge in [-0.15, -0.1) is 0 Å². The van der Waals surface area contributed by atoms with Gasteiger partial charge in [0.25, 0.3) is 0 Å². The van der Waals surface area contributed by atoms with Gasteiger partial charge in [0.2, 0.25) is 0 Å². The zero-order valence-electron chi connectivity index (χ0n) is 14.4. The van der Waals surface area contributed by atoms with E-state index in [1.54, 1.807) is 0 Å². The molecule has 3 aliphatic rings. The van der Waals surface area contributed by atoms with Gasteiger partial charge in [0.15, 0.2) is 0 Å². The lowest BCUT2D eigenvalue weighted by molar-refractivity contribution is -0.0254. The quantitative estimate of drug-likeness (QED) is 0.482. The van der Waals surface area contributed by atoms with Gasteiger partial charge >= 0.3 is 0 Å². The van der Waals surface area contributed by atoms with Crippen LogP contribution in [0.3, 0.4) is 0 Å². The average Bonchev–Trinajstić information content (AvgIpc) is 3.02. The first-order valence-corrected chi connectivity index (χ1v) is 8.83. The fraction of sp³-hybridized carbons (Fsp3) is 0.800. The van der Waals surface area contributed by atoms with Gasteiger partial charge in [-0.1, -0.05) is 30.7 Å². The Morgan fingerprint density at radius 2 is 2.10 bits per heavy atom. The van der Waals surface area contributed by atoms with Crippen molar-refractivity contribution in [3.63, 3.8) is 0 Å². The second kappa shape index (κ2) is 5.26. The van der Waals surface area contributed by atoms with Crippen molar-refractivity contribution in [3.8, 4) is 0 Å². The molecule has 2 aliphatic carbocycles. The molecule has 0 aromatic heterocycles. The topological polar surface area (TPSA) is 12.5 Å². The molecule has 0 bridgehead atoms. The highest BCUT2D eigenvalue weighted by Gasteiger charge is 2.56. The summed E-state index contributed by atoms with van der Waals surface area (Å²) in [5.41, 5.74) is 3.70. The van der Waals surface area contributed by atoms with Gasteiger partial charge in [0.1, 0.15) is 0 Å². The predicted molar refractivity (Wildman–Crippen MR) is 89.3 cm³/mol.